The van der Waals surface area contributed by atoms with E-state index in [9.17, 15) is 5.11 Å². The van der Waals surface area contributed by atoms with Crippen LogP contribution in [-0.4, -0.2) is 10.7 Å². The highest BCUT2D eigenvalue weighted by Crippen LogP contribution is 2.42. The van der Waals surface area contributed by atoms with Crippen LogP contribution in [0.3, 0.4) is 0 Å². The van der Waals surface area contributed by atoms with Gasteiger partial charge in [0.05, 0.1) is 7.45 Å². The van der Waals surface area contributed by atoms with E-state index >= 15 is 0 Å². The largest absolute Gasteiger partial charge is 0.487 e. The predicted molar refractivity (Wildman–Crippen MR) is 68.2 cm³/mol. The summed E-state index contributed by atoms with van der Waals surface area (Å²) in [5.41, 5.74) is 0.0614. The Balaban J connectivity index is 2.34. The van der Waals surface area contributed by atoms with Crippen LogP contribution in [0.2, 0.25) is 0 Å². The molecule has 2 heteroatoms. The number of hydrogen-bond donors (Lipinski definition) is 1. The van der Waals surface area contributed by atoms with Crippen molar-refractivity contribution in [1.29, 1.82) is 0 Å². The number of aliphatic hydroxyl groups is 1. The highest BCUT2D eigenvalue weighted by Gasteiger charge is 2.33. The minimum atomic E-state index is -1.60. The number of rotatable bonds is 0. The van der Waals surface area contributed by atoms with Crippen molar-refractivity contribution < 1.29 is 11.2 Å². The Bertz CT molecular complexity index is 617. The van der Waals surface area contributed by atoms with Crippen molar-refractivity contribution in [3.05, 3.63) is 42.0 Å². The van der Waals surface area contributed by atoms with Gasteiger partial charge in [-0.3, -0.25) is 0 Å². The zero-order chi connectivity index (χ0) is 13.0. The first-order valence-corrected chi connectivity index (χ1v) is 5.83. The molecule has 0 bridgehead atoms. The molecule has 1 unspecified atom stereocenters. The maximum absolute atomic E-state index is 10.4. The van der Waals surface area contributed by atoms with Gasteiger partial charge >= 0.3 is 0 Å². The van der Waals surface area contributed by atoms with Crippen molar-refractivity contribution in [2.45, 2.75) is 31.9 Å². The SMILES string of the molecule is [2H]C1(O)CC(C)(C)Oc2ccc3ccccc3c21. The van der Waals surface area contributed by atoms with Gasteiger partial charge in [-0.1, -0.05) is 30.3 Å². The molecule has 0 fully saturated rings. The minimum Gasteiger partial charge on any atom is -0.487 e. The van der Waals surface area contributed by atoms with Crippen LogP contribution in [0.1, 0.15) is 33.3 Å². The molecule has 1 aliphatic heterocycles. The first kappa shape index (κ1) is 9.49. The number of fused-ring (bicyclic) bond motifs is 3. The summed E-state index contributed by atoms with van der Waals surface area (Å²) < 4.78 is 14.1. The summed E-state index contributed by atoms with van der Waals surface area (Å²) in [4.78, 5) is 0. The van der Waals surface area contributed by atoms with Gasteiger partial charge in [0.2, 0.25) is 0 Å². The zero-order valence-corrected chi connectivity index (χ0v) is 10.0. The standard InChI is InChI=1S/C15H16O2/c1-15(2)9-12(16)14-11-6-4-3-5-10(11)7-8-13(14)17-15/h3-8,12,16H,9H2,1-2H3/i12D. The van der Waals surface area contributed by atoms with Gasteiger partial charge in [-0.15, -0.1) is 0 Å². The van der Waals surface area contributed by atoms with Gasteiger partial charge in [-0.2, -0.15) is 0 Å². The van der Waals surface area contributed by atoms with Crippen molar-refractivity contribution in [3.8, 4) is 5.75 Å². The maximum Gasteiger partial charge on any atom is 0.126 e. The molecule has 3 rings (SSSR count). The molecule has 0 saturated heterocycles. The van der Waals surface area contributed by atoms with Crippen LogP contribution in [0.4, 0.5) is 0 Å². The van der Waals surface area contributed by atoms with E-state index in [0.717, 1.165) is 10.8 Å². The lowest BCUT2D eigenvalue weighted by Gasteiger charge is -2.36. The van der Waals surface area contributed by atoms with Crippen molar-refractivity contribution in [2.75, 3.05) is 0 Å². The Morgan fingerprint density at radius 3 is 2.88 bits per heavy atom. The Kier molecular flexibility index (Phi) is 1.94. The van der Waals surface area contributed by atoms with Crippen molar-refractivity contribution in [3.63, 3.8) is 0 Å². The summed E-state index contributed by atoms with van der Waals surface area (Å²) in [6.45, 7) is 3.79. The molecule has 1 atom stereocenters. The second kappa shape index (κ2) is 3.47. The average molecular weight is 229 g/mol. The van der Waals surface area contributed by atoms with Gasteiger partial charge in [0, 0.05) is 12.0 Å². The third kappa shape index (κ3) is 1.69. The van der Waals surface area contributed by atoms with Gasteiger partial charge in [0.15, 0.2) is 0 Å². The molecule has 0 radical (unpaired) electrons. The minimum absolute atomic E-state index is 0.265. The fraction of sp³-hybridized carbons (Fsp3) is 0.333. The third-order valence-electron chi connectivity index (χ3n) is 3.16. The summed E-state index contributed by atoms with van der Waals surface area (Å²) in [5, 5.41) is 12.4. The van der Waals surface area contributed by atoms with Crippen molar-refractivity contribution in [2.24, 2.45) is 0 Å². The Labute approximate surface area is 102 Å². The molecule has 0 aliphatic carbocycles. The molecule has 0 aromatic heterocycles. The zero-order valence-electron chi connectivity index (χ0n) is 11.0. The second-order valence-corrected chi connectivity index (χ2v) is 5.15. The molecule has 1 aliphatic rings. The van der Waals surface area contributed by atoms with E-state index in [4.69, 9.17) is 6.11 Å². The van der Waals surface area contributed by atoms with E-state index in [1.807, 2.05) is 50.2 Å². The molecule has 2 aromatic carbocycles. The van der Waals surface area contributed by atoms with Crippen LogP contribution < -0.4 is 4.74 Å². The summed E-state index contributed by atoms with van der Waals surface area (Å²) in [7, 11) is 0. The molecular weight excluding hydrogens is 212 g/mol. The normalized spacial score (nSPS) is 27.1. The number of benzene rings is 2. The van der Waals surface area contributed by atoms with E-state index in [-0.39, 0.29) is 6.42 Å². The molecule has 0 amide bonds. The van der Waals surface area contributed by atoms with Gasteiger partial charge in [0.1, 0.15) is 11.4 Å². The lowest BCUT2D eigenvalue weighted by molar-refractivity contribution is 0.0126. The van der Waals surface area contributed by atoms with Crippen molar-refractivity contribution >= 4 is 10.8 Å². The van der Waals surface area contributed by atoms with E-state index in [1.54, 1.807) is 0 Å². The average Bonchev–Trinajstić information content (AvgIpc) is 2.25. The number of ether oxygens (including phenoxy) is 1. The predicted octanol–water partition coefficient (Wildman–Crippen LogP) is 3.43. The molecule has 1 heterocycles. The van der Waals surface area contributed by atoms with E-state index in [2.05, 4.69) is 0 Å². The highest BCUT2D eigenvalue weighted by atomic mass is 16.5. The quantitative estimate of drug-likeness (QED) is 0.750. The smallest absolute Gasteiger partial charge is 0.126 e. The topological polar surface area (TPSA) is 29.5 Å². The molecule has 1 N–H and O–H groups in total. The Hall–Kier alpha value is -1.54. The van der Waals surface area contributed by atoms with Crippen molar-refractivity contribution in [1.82, 2.24) is 0 Å². The van der Waals surface area contributed by atoms with Crippen LogP contribution in [0.25, 0.3) is 10.8 Å². The molecule has 0 saturated carbocycles. The molecule has 2 nitrogen and oxygen atoms in total. The van der Waals surface area contributed by atoms with Crippen LogP contribution in [0.15, 0.2) is 36.4 Å². The Morgan fingerprint density at radius 2 is 2.06 bits per heavy atom. The summed E-state index contributed by atoms with van der Waals surface area (Å²) in [6.07, 6.45) is -1.33. The number of hydrogen-bond acceptors (Lipinski definition) is 2. The van der Waals surface area contributed by atoms with Gasteiger partial charge in [0.25, 0.3) is 0 Å². The van der Waals surface area contributed by atoms with Crippen LogP contribution >= 0.6 is 0 Å². The summed E-state index contributed by atoms with van der Waals surface area (Å²) in [6, 6.07) is 11.6. The van der Waals surface area contributed by atoms with Crippen LogP contribution in [-0.2, 0) is 0 Å². The molecule has 17 heavy (non-hydrogen) atoms. The van der Waals surface area contributed by atoms with E-state index < -0.39 is 11.7 Å². The first-order valence-electron chi connectivity index (χ1n) is 6.33. The van der Waals surface area contributed by atoms with E-state index in [0.29, 0.717) is 11.3 Å². The lowest BCUT2D eigenvalue weighted by Crippen LogP contribution is -2.34. The summed E-state index contributed by atoms with van der Waals surface area (Å²) in [5.74, 6) is 0.613. The van der Waals surface area contributed by atoms with Gasteiger partial charge in [-0.25, -0.2) is 0 Å². The van der Waals surface area contributed by atoms with Crippen LogP contribution in [0.5, 0.6) is 5.75 Å². The monoisotopic (exact) mass is 229 g/mol. The molecule has 0 spiro atoms. The highest BCUT2D eigenvalue weighted by molar-refractivity contribution is 5.88. The molecular formula is C15H16O2. The van der Waals surface area contributed by atoms with E-state index in [1.165, 1.54) is 0 Å². The fourth-order valence-electron chi connectivity index (χ4n) is 2.46. The second-order valence-electron chi connectivity index (χ2n) is 5.15. The first-order chi connectivity index (χ1) is 8.39. The van der Waals surface area contributed by atoms with Crippen LogP contribution in [0, 0.1) is 0 Å². The van der Waals surface area contributed by atoms with Gasteiger partial charge in [-0.05, 0) is 30.7 Å². The maximum atomic E-state index is 10.4. The third-order valence-corrected chi connectivity index (χ3v) is 3.16. The molecule has 88 valence electrons. The summed E-state index contributed by atoms with van der Waals surface area (Å²) >= 11 is 0. The lowest BCUT2D eigenvalue weighted by atomic mass is 9.89. The Morgan fingerprint density at radius 1 is 1.29 bits per heavy atom. The fourth-order valence-corrected chi connectivity index (χ4v) is 2.46. The molecule has 2 aromatic rings. The van der Waals surface area contributed by atoms with Gasteiger partial charge < -0.3 is 9.84 Å².